The lowest BCUT2D eigenvalue weighted by atomic mass is 9.62. The van der Waals surface area contributed by atoms with Gasteiger partial charge in [-0.15, -0.1) is 0 Å². The van der Waals surface area contributed by atoms with E-state index in [1.54, 1.807) is 43.6 Å². The lowest BCUT2D eigenvalue weighted by Crippen LogP contribution is -2.50. The summed E-state index contributed by atoms with van der Waals surface area (Å²) in [5.41, 5.74) is -0.664. The van der Waals surface area contributed by atoms with Gasteiger partial charge in [0.25, 0.3) is 0 Å². The second kappa shape index (κ2) is 11.3. The number of aliphatic hydroxyl groups is 2. The Kier molecular flexibility index (Phi) is 8.19. The van der Waals surface area contributed by atoms with Gasteiger partial charge in [-0.3, -0.25) is 24.6 Å². The molecule has 3 aromatic rings. The van der Waals surface area contributed by atoms with Crippen molar-refractivity contribution in [2.75, 3.05) is 18.6 Å². The van der Waals surface area contributed by atoms with Crippen LogP contribution in [0, 0.1) is 17.0 Å². The number of anilines is 1. The van der Waals surface area contributed by atoms with E-state index >= 15 is 8.78 Å². The molecule has 3 heterocycles. The summed E-state index contributed by atoms with van der Waals surface area (Å²) < 4.78 is 32.0. The number of aliphatic hydroxyl groups excluding tert-OH is 1. The number of fused-ring (bicyclic) bond motifs is 1. The minimum Gasteiger partial charge on any atom is -0.363 e. The van der Waals surface area contributed by atoms with Crippen molar-refractivity contribution < 1.29 is 23.8 Å². The number of nitrogens with zero attached hydrogens (tertiary/aromatic N) is 4. The molecule has 0 saturated carbocycles. The standard InChI is InChI=1S/C31H32Cl2F2N4O3/c1-30(2,3)13-24-31(15-36-4,20-10-8-17(32)12-22(20)34)25(19-6-5-7-21(33)26(19)35)27-28(40)38(16-39(24)27)18-9-11-23(29(41)42)37-14-18/h5-12,14-15,24-25,27,29,41-42H,13,16H2,1-4H3. The molecule has 1 aromatic heterocycles. The first-order valence-corrected chi connectivity index (χ1v) is 14.3. The maximum atomic E-state index is 16.0. The van der Waals surface area contributed by atoms with Gasteiger partial charge in [0.15, 0.2) is 6.29 Å². The van der Waals surface area contributed by atoms with Crippen LogP contribution in [0.15, 0.2) is 59.7 Å². The van der Waals surface area contributed by atoms with Gasteiger partial charge in [-0.25, -0.2) is 8.78 Å². The third-order valence-electron chi connectivity index (χ3n) is 8.17. The molecule has 0 radical (unpaired) electrons. The van der Waals surface area contributed by atoms with E-state index in [9.17, 15) is 15.0 Å². The maximum Gasteiger partial charge on any atom is 0.246 e. The first-order chi connectivity index (χ1) is 19.8. The molecule has 0 spiro atoms. The molecule has 1 amide bonds. The van der Waals surface area contributed by atoms with Gasteiger partial charge >= 0.3 is 0 Å². The smallest absolute Gasteiger partial charge is 0.246 e. The molecule has 2 saturated heterocycles. The molecular formula is C31H32Cl2F2N4O3. The third kappa shape index (κ3) is 5.11. The summed E-state index contributed by atoms with van der Waals surface area (Å²) in [6.45, 7) is 6.28. The van der Waals surface area contributed by atoms with Crippen LogP contribution in [-0.4, -0.2) is 58.0 Å². The van der Waals surface area contributed by atoms with Gasteiger partial charge in [0.2, 0.25) is 5.91 Å². The van der Waals surface area contributed by atoms with Crippen LogP contribution in [-0.2, 0) is 10.2 Å². The van der Waals surface area contributed by atoms with Gasteiger partial charge in [0.05, 0.1) is 40.7 Å². The molecule has 4 atom stereocenters. The van der Waals surface area contributed by atoms with Gasteiger partial charge in [-0.1, -0.05) is 62.2 Å². The highest BCUT2D eigenvalue weighted by atomic mass is 35.5. The van der Waals surface area contributed by atoms with Gasteiger partial charge in [-0.2, -0.15) is 0 Å². The number of halogens is 4. The molecule has 2 fully saturated rings. The fourth-order valence-electron chi connectivity index (χ4n) is 6.60. The molecule has 2 aromatic carbocycles. The van der Waals surface area contributed by atoms with Crippen molar-refractivity contribution in [1.29, 1.82) is 0 Å². The summed E-state index contributed by atoms with van der Waals surface area (Å²) in [5.74, 6) is -2.52. The average molecular weight is 618 g/mol. The fourth-order valence-corrected chi connectivity index (χ4v) is 6.94. The van der Waals surface area contributed by atoms with Crippen LogP contribution < -0.4 is 4.90 Å². The van der Waals surface area contributed by atoms with Crippen LogP contribution in [0.2, 0.25) is 10.0 Å². The predicted octanol–water partition coefficient (Wildman–Crippen LogP) is 5.87. The van der Waals surface area contributed by atoms with Crippen molar-refractivity contribution in [3.8, 4) is 0 Å². The normalized spacial score (nSPS) is 24.8. The van der Waals surface area contributed by atoms with E-state index < -0.39 is 41.3 Å². The molecule has 2 aliphatic rings. The lowest BCUT2D eigenvalue weighted by Gasteiger charge is -2.42. The lowest BCUT2D eigenvalue weighted by molar-refractivity contribution is -0.119. The number of benzene rings is 2. The number of pyridine rings is 1. The highest BCUT2D eigenvalue weighted by Gasteiger charge is 2.66. The van der Waals surface area contributed by atoms with Crippen molar-refractivity contribution in [3.63, 3.8) is 0 Å². The van der Waals surface area contributed by atoms with Crippen molar-refractivity contribution in [1.82, 2.24) is 9.88 Å². The van der Waals surface area contributed by atoms with Crippen LogP contribution in [0.25, 0.3) is 0 Å². The zero-order chi connectivity index (χ0) is 30.6. The number of amides is 1. The summed E-state index contributed by atoms with van der Waals surface area (Å²) in [7, 11) is 1.58. The first-order valence-electron chi connectivity index (χ1n) is 13.5. The zero-order valence-corrected chi connectivity index (χ0v) is 25.1. The van der Waals surface area contributed by atoms with E-state index in [1.807, 2.05) is 4.90 Å². The van der Waals surface area contributed by atoms with Crippen molar-refractivity contribution in [2.45, 2.75) is 56.9 Å². The van der Waals surface area contributed by atoms with Gasteiger partial charge in [0.1, 0.15) is 11.6 Å². The minimum absolute atomic E-state index is 0.0340. The number of aromatic nitrogens is 1. The van der Waals surface area contributed by atoms with E-state index in [2.05, 4.69) is 30.7 Å². The Labute approximate surface area is 253 Å². The van der Waals surface area contributed by atoms with Gasteiger partial charge < -0.3 is 10.2 Å². The van der Waals surface area contributed by atoms with Crippen molar-refractivity contribution in [2.24, 2.45) is 10.4 Å². The number of rotatable bonds is 6. The molecule has 42 heavy (non-hydrogen) atoms. The van der Waals surface area contributed by atoms with E-state index in [1.165, 1.54) is 29.3 Å². The van der Waals surface area contributed by atoms with Crippen LogP contribution in [0.5, 0.6) is 0 Å². The number of hydrogen-bond acceptors (Lipinski definition) is 6. The second-order valence-electron chi connectivity index (χ2n) is 12.0. The topological polar surface area (TPSA) is 89.3 Å². The van der Waals surface area contributed by atoms with Crippen LogP contribution >= 0.6 is 23.2 Å². The van der Waals surface area contributed by atoms with Crippen LogP contribution in [0.1, 0.15) is 56.2 Å². The van der Waals surface area contributed by atoms with Gasteiger partial charge in [-0.05, 0) is 47.7 Å². The quantitative estimate of drug-likeness (QED) is 0.267. The molecule has 11 heteroatoms. The number of aliphatic imine (C=N–C) groups is 1. The fraction of sp³-hybridized carbons (Fsp3) is 0.387. The molecule has 2 aliphatic heterocycles. The molecule has 5 rings (SSSR count). The largest absolute Gasteiger partial charge is 0.363 e. The van der Waals surface area contributed by atoms with Gasteiger partial charge in [0, 0.05) is 35.8 Å². The Bertz CT molecular complexity index is 1530. The molecule has 222 valence electrons. The van der Waals surface area contributed by atoms with E-state index in [0.29, 0.717) is 12.1 Å². The van der Waals surface area contributed by atoms with E-state index in [-0.39, 0.29) is 44.9 Å². The summed E-state index contributed by atoms with van der Waals surface area (Å²) >= 11 is 12.5. The Hall–Kier alpha value is -2.95. The van der Waals surface area contributed by atoms with Crippen molar-refractivity contribution in [3.05, 3.63) is 93.2 Å². The monoisotopic (exact) mass is 616 g/mol. The predicted molar refractivity (Wildman–Crippen MR) is 159 cm³/mol. The number of carbonyl (C=O) groups excluding carboxylic acids is 1. The molecule has 7 nitrogen and oxygen atoms in total. The first kappa shape index (κ1) is 30.5. The average Bonchev–Trinajstić information content (AvgIpc) is 3.37. The van der Waals surface area contributed by atoms with Crippen LogP contribution in [0.3, 0.4) is 0 Å². The molecule has 2 N–H and O–H groups in total. The van der Waals surface area contributed by atoms with E-state index in [4.69, 9.17) is 23.2 Å². The molecule has 4 unspecified atom stereocenters. The Morgan fingerprint density at radius 2 is 1.90 bits per heavy atom. The highest BCUT2D eigenvalue weighted by molar-refractivity contribution is 6.31. The third-order valence-corrected chi connectivity index (χ3v) is 8.70. The Morgan fingerprint density at radius 1 is 1.17 bits per heavy atom. The zero-order valence-electron chi connectivity index (χ0n) is 23.6. The summed E-state index contributed by atoms with van der Waals surface area (Å²) in [6.07, 6.45) is 1.79. The second-order valence-corrected chi connectivity index (χ2v) is 12.9. The molecule has 0 aliphatic carbocycles. The maximum absolute atomic E-state index is 16.0. The number of hydrogen-bond donors (Lipinski definition) is 2. The van der Waals surface area contributed by atoms with E-state index in [0.717, 1.165) is 0 Å². The van der Waals surface area contributed by atoms with Crippen molar-refractivity contribution >= 4 is 41.0 Å². The van der Waals surface area contributed by atoms with Crippen LogP contribution in [0.4, 0.5) is 14.5 Å². The summed E-state index contributed by atoms with van der Waals surface area (Å²) in [4.78, 5) is 26.4. The molecule has 0 bridgehead atoms. The SMILES string of the molecule is CN=CC1(c2ccc(Cl)cc2F)C(c2cccc(Cl)c2F)C2C(=O)N(c3ccc(C(O)O)nc3)CN2C1CC(C)(C)C. The Balaban J connectivity index is 1.78. The summed E-state index contributed by atoms with van der Waals surface area (Å²) in [5, 5.41) is 19.1. The summed E-state index contributed by atoms with van der Waals surface area (Å²) in [6, 6.07) is 10.6. The highest BCUT2D eigenvalue weighted by Crippen LogP contribution is 2.58. The number of carbonyl (C=O) groups is 1. The minimum atomic E-state index is -1.76. The molecular weight excluding hydrogens is 585 g/mol. The Morgan fingerprint density at radius 3 is 2.50 bits per heavy atom.